The Hall–Kier alpha value is -1.53. The first-order chi connectivity index (χ1) is 9.72. The van der Waals surface area contributed by atoms with Gasteiger partial charge in [-0.05, 0) is 17.7 Å². The molecule has 0 saturated heterocycles. The van der Waals surface area contributed by atoms with E-state index in [1.165, 1.54) is 11.3 Å². The van der Waals surface area contributed by atoms with Crippen LogP contribution < -0.4 is 9.61 Å². The Bertz CT molecular complexity index is 674. The number of fused-ring (bicyclic) bond motifs is 1. The van der Waals surface area contributed by atoms with E-state index < -0.39 is 0 Å². The lowest BCUT2D eigenvalue weighted by molar-refractivity contribution is -0.110. The molecule has 2 aromatic rings. The minimum absolute atomic E-state index is 0.0430. The van der Waals surface area contributed by atoms with E-state index in [2.05, 4.69) is 4.98 Å². The number of carbonyl (C=O) groups excluding carboxylic acids is 1. The molecule has 0 fully saturated rings. The highest BCUT2D eigenvalue weighted by Crippen LogP contribution is 2.44. The van der Waals surface area contributed by atoms with Gasteiger partial charge in [0, 0.05) is 22.5 Å². The summed E-state index contributed by atoms with van der Waals surface area (Å²) in [4.78, 5) is 26.7. The molecule has 2 atom stereocenters. The SMILES string of the molecule is COc1ccc([C@H]2c3sc(=O)[nH]c3SC[C@H]2C=O)cc1. The van der Waals surface area contributed by atoms with Gasteiger partial charge in [0.1, 0.15) is 12.0 Å². The number of hydrogen-bond donors (Lipinski definition) is 1. The zero-order chi connectivity index (χ0) is 14.1. The second-order valence-corrected chi connectivity index (χ2v) is 6.61. The van der Waals surface area contributed by atoms with Gasteiger partial charge in [-0.1, -0.05) is 23.5 Å². The molecule has 1 aromatic heterocycles. The number of nitrogens with one attached hydrogen (secondary N) is 1. The summed E-state index contributed by atoms with van der Waals surface area (Å²) in [7, 11) is 1.62. The molecular weight excluding hydrogens is 294 g/mol. The van der Waals surface area contributed by atoms with Gasteiger partial charge in [-0.15, -0.1) is 11.8 Å². The van der Waals surface area contributed by atoms with Crippen molar-refractivity contribution < 1.29 is 9.53 Å². The highest BCUT2D eigenvalue weighted by Gasteiger charge is 2.33. The molecule has 3 rings (SSSR count). The molecule has 1 aliphatic rings. The Morgan fingerprint density at radius 1 is 1.35 bits per heavy atom. The molecule has 1 aliphatic heterocycles. The number of benzene rings is 1. The number of aromatic amines is 1. The average Bonchev–Trinajstić information content (AvgIpc) is 2.86. The standard InChI is InChI=1S/C14H13NO3S2/c1-18-10-4-2-8(3-5-10)11-9(6-16)7-19-13-12(11)20-14(17)15-13/h2-6,9,11H,7H2,1H3,(H,15,17)/t9-,11-/m1/s1. The molecular formula is C14H13NO3S2. The Labute approximate surface area is 124 Å². The lowest BCUT2D eigenvalue weighted by atomic mass is 9.86. The van der Waals surface area contributed by atoms with E-state index in [9.17, 15) is 9.59 Å². The number of H-pyrrole nitrogens is 1. The van der Waals surface area contributed by atoms with Crippen molar-refractivity contribution in [1.82, 2.24) is 4.98 Å². The largest absolute Gasteiger partial charge is 0.497 e. The second-order valence-electron chi connectivity index (χ2n) is 4.57. The topological polar surface area (TPSA) is 59.2 Å². The fourth-order valence-corrected chi connectivity index (χ4v) is 4.80. The van der Waals surface area contributed by atoms with Gasteiger partial charge in [0.25, 0.3) is 0 Å². The molecule has 6 heteroatoms. The third kappa shape index (κ3) is 2.29. The van der Waals surface area contributed by atoms with Crippen molar-refractivity contribution in [3.8, 4) is 5.75 Å². The third-order valence-electron chi connectivity index (χ3n) is 3.42. The summed E-state index contributed by atoms with van der Waals surface area (Å²) in [5, 5.41) is 0.902. The quantitative estimate of drug-likeness (QED) is 0.885. The smallest absolute Gasteiger partial charge is 0.305 e. The van der Waals surface area contributed by atoms with Crippen LogP contribution in [0.1, 0.15) is 16.4 Å². The maximum Gasteiger partial charge on any atom is 0.305 e. The van der Waals surface area contributed by atoms with E-state index in [4.69, 9.17) is 4.74 Å². The Kier molecular flexibility index (Phi) is 3.67. The number of methoxy groups -OCH3 is 1. The van der Waals surface area contributed by atoms with E-state index in [1.54, 1.807) is 18.9 Å². The summed E-state index contributed by atoms with van der Waals surface area (Å²) in [6.45, 7) is 0. The van der Waals surface area contributed by atoms with Crippen LogP contribution in [0.25, 0.3) is 0 Å². The molecule has 0 spiro atoms. The summed E-state index contributed by atoms with van der Waals surface area (Å²) in [5.74, 6) is 1.33. The van der Waals surface area contributed by atoms with E-state index in [-0.39, 0.29) is 16.7 Å². The van der Waals surface area contributed by atoms with Crippen LogP contribution in [0.5, 0.6) is 5.75 Å². The van der Waals surface area contributed by atoms with Gasteiger partial charge in [-0.25, -0.2) is 0 Å². The lowest BCUT2D eigenvalue weighted by Crippen LogP contribution is -2.21. The minimum atomic E-state index is -0.104. The third-order valence-corrected chi connectivity index (χ3v) is 5.68. The fraction of sp³-hybridized carbons (Fsp3) is 0.286. The number of aldehydes is 1. The number of thioether (sulfide) groups is 1. The Balaban J connectivity index is 2.07. The van der Waals surface area contributed by atoms with Crippen molar-refractivity contribution in [2.45, 2.75) is 10.9 Å². The summed E-state index contributed by atoms with van der Waals surface area (Å²) in [6.07, 6.45) is 0.995. The normalized spacial score (nSPS) is 21.2. The van der Waals surface area contributed by atoms with Crippen LogP contribution in [0, 0.1) is 5.92 Å². The highest BCUT2D eigenvalue weighted by atomic mass is 32.2. The molecule has 0 bridgehead atoms. The zero-order valence-corrected chi connectivity index (χ0v) is 12.4. The second kappa shape index (κ2) is 5.46. The van der Waals surface area contributed by atoms with E-state index in [0.29, 0.717) is 5.75 Å². The molecule has 104 valence electrons. The van der Waals surface area contributed by atoms with Gasteiger partial charge in [-0.3, -0.25) is 4.79 Å². The van der Waals surface area contributed by atoms with Gasteiger partial charge >= 0.3 is 4.87 Å². The first kappa shape index (κ1) is 13.5. The lowest BCUT2D eigenvalue weighted by Gasteiger charge is -2.27. The molecule has 20 heavy (non-hydrogen) atoms. The van der Waals surface area contributed by atoms with Crippen molar-refractivity contribution in [3.63, 3.8) is 0 Å². The molecule has 1 aromatic carbocycles. The first-order valence-corrected chi connectivity index (χ1v) is 7.98. The van der Waals surface area contributed by atoms with Crippen molar-refractivity contribution in [1.29, 1.82) is 0 Å². The maximum atomic E-state index is 11.6. The number of hydrogen-bond acceptors (Lipinski definition) is 5. The summed E-state index contributed by atoms with van der Waals surface area (Å²) >= 11 is 2.75. The summed E-state index contributed by atoms with van der Waals surface area (Å²) < 4.78 is 5.16. The van der Waals surface area contributed by atoms with E-state index in [0.717, 1.165) is 27.5 Å². The van der Waals surface area contributed by atoms with Crippen molar-refractivity contribution in [3.05, 3.63) is 44.4 Å². The van der Waals surface area contributed by atoms with Gasteiger partial charge in [-0.2, -0.15) is 0 Å². The minimum Gasteiger partial charge on any atom is -0.497 e. The maximum absolute atomic E-state index is 11.6. The Morgan fingerprint density at radius 3 is 2.75 bits per heavy atom. The number of thiazole rings is 1. The molecule has 0 unspecified atom stereocenters. The monoisotopic (exact) mass is 307 g/mol. The molecule has 2 heterocycles. The van der Waals surface area contributed by atoms with Crippen LogP contribution in [-0.2, 0) is 4.79 Å². The Morgan fingerprint density at radius 2 is 2.10 bits per heavy atom. The van der Waals surface area contributed by atoms with Crippen LogP contribution in [0.4, 0.5) is 0 Å². The van der Waals surface area contributed by atoms with Gasteiger partial charge in [0.15, 0.2) is 0 Å². The average molecular weight is 307 g/mol. The molecule has 4 nitrogen and oxygen atoms in total. The predicted molar refractivity (Wildman–Crippen MR) is 80.1 cm³/mol. The fourth-order valence-electron chi connectivity index (χ4n) is 2.44. The zero-order valence-electron chi connectivity index (χ0n) is 10.8. The highest BCUT2D eigenvalue weighted by molar-refractivity contribution is 7.99. The van der Waals surface area contributed by atoms with Gasteiger partial charge in [0.2, 0.25) is 0 Å². The molecule has 1 N–H and O–H groups in total. The van der Waals surface area contributed by atoms with Crippen LogP contribution in [0.2, 0.25) is 0 Å². The van der Waals surface area contributed by atoms with Crippen LogP contribution in [0.3, 0.4) is 0 Å². The molecule has 0 aliphatic carbocycles. The number of ether oxygens (including phenoxy) is 1. The molecule has 0 amide bonds. The van der Waals surface area contributed by atoms with Crippen LogP contribution >= 0.6 is 23.1 Å². The van der Waals surface area contributed by atoms with Crippen LogP contribution in [0.15, 0.2) is 34.1 Å². The van der Waals surface area contributed by atoms with E-state index in [1.807, 2.05) is 24.3 Å². The van der Waals surface area contributed by atoms with Crippen molar-refractivity contribution >= 4 is 29.4 Å². The molecule has 0 saturated carbocycles. The summed E-state index contributed by atoms with van der Waals surface area (Å²) in [6, 6.07) is 7.69. The van der Waals surface area contributed by atoms with Gasteiger partial charge in [0.05, 0.1) is 12.1 Å². The number of rotatable bonds is 3. The number of carbonyl (C=O) groups is 1. The van der Waals surface area contributed by atoms with Crippen LogP contribution in [-0.4, -0.2) is 24.1 Å². The van der Waals surface area contributed by atoms with Crippen molar-refractivity contribution in [2.24, 2.45) is 5.92 Å². The number of aromatic nitrogens is 1. The molecule has 0 radical (unpaired) electrons. The predicted octanol–water partition coefficient (Wildman–Crippen LogP) is 2.50. The van der Waals surface area contributed by atoms with E-state index >= 15 is 0 Å². The van der Waals surface area contributed by atoms with Gasteiger partial charge < -0.3 is 14.5 Å². The van der Waals surface area contributed by atoms with Crippen molar-refractivity contribution in [2.75, 3.05) is 12.9 Å². The summed E-state index contributed by atoms with van der Waals surface area (Å²) in [5.41, 5.74) is 1.04. The first-order valence-electron chi connectivity index (χ1n) is 6.18.